The maximum Gasteiger partial charge on any atom is 0.249 e. The van der Waals surface area contributed by atoms with Gasteiger partial charge in [-0.15, -0.1) is 0 Å². The van der Waals surface area contributed by atoms with Gasteiger partial charge in [-0.25, -0.2) is 30.4 Å². The molecule has 0 amide bonds. The fourth-order valence-corrected chi connectivity index (χ4v) is 4.89. The summed E-state index contributed by atoms with van der Waals surface area (Å²) in [6.45, 7) is -0.280. The number of hydrogen-bond donors (Lipinski definition) is 0. The minimum atomic E-state index is -4.99. The molecule has 1 heterocycles. The first-order valence-corrected chi connectivity index (χ1v) is 10.0. The summed E-state index contributed by atoms with van der Waals surface area (Å²) in [4.78, 5) is 2.32. The zero-order chi connectivity index (χ0) is 20.9. The number of rotatable bonds is 5. The topological polar surface area (TPSA) is 50.3 Å². The molecule has 0 aliphatic heterocycles. The summed E-state index contributed by atoms with van der Waals surface area (Å²) >= 11 is 0. The van der Waals surface area contributed by atoms with Crippen molar-refractivity contribution in [1.29, 1.82) is 0 Å². The average Bonchev–Trinajstić information content (AvgIpc) is 3.53. The van der Waals surface area contributed by atoms with Gasteiger partial charge in [-0.1, -0.05) is 12.1 Å². The highest BCUT2D eigenvalue weighted by Crippen LogP contribution is 2.36. The minimum absolute atomic E-state index is 0.280. The zero-order valence-electron chi connectivity index (χ0n) is 14.7. The molecule has 1 aromatic heterocycles. The Morgan fingerprint density at radius 1 is 0.931 bits per heavy atom. The molecular formula is C19H13F5N2O2S. The number of halogens is 5. The fraction of sp³-hybridized carbons (Fsp3) is 0.211. The molecule has 10 heteroatoms. The number of fused-ring (bicyclic) bond motifs is 1. The number of aromatic nitrogens is 1. The van der Waals surface area contributed by atoms with E-state index >= 15 is 0 Å². The van der Waals surface area contributed by atoms with E-state index in [1.807, 2.05) is 0 Å². The van der Waals surface area contributed by atoms with E-state index in [2.05, 4.69) is 4.98 Å². The van der Waals surface area contributed by atoms with Gasteiger partial charge in [0, 0.05) is 24.2 Å². The molecule has 0 radical (unpaired) electrons. The molecule has 29 heavy (non-hydrogen) atoms. The summed E-state index contributed by atoms with van der Waals surface area (Å²) in [6.07, 6.45) is 2.43. The van der Waals surface area contributed by atoms with Crippen LogP contribution in [-0.2, 0) is 16.6 Å². The van der Waals surface area contributed by atoms with Gasteiger partial charge in [-0.3, -0.25) is 4.98 Å². The molecule has 3 aromatic rings. The van der Waals surface area contributed by atoms with E-state index in [0.29, 0.717) is 23.9 Å². The molecule has 4 nitrogen and oxygen atoms in total. The molecule has 0 atom stereocenters. The van der Waals surface area contributed by atoms with Crippen molar-refractivity contribution in [3.63, 3.8) is 0 Å². The van der Waals surface area contributed by atoms with Crippen LogP contribution in [0.2, 0.25) is 0 Å². The van der Waals surface area contributed by atoms with Gasteiger partial charge in [-0.2, -0.15) is 4.31 Å². The molecule has 1 aliphatic rings. The molecule has 1 aliphatic carbocycles. The maximum atomic E-state index is 14.2. The molecule has 0 N–H and O–H groups in total. The Hall–Kier alpha value is -2.59. The van der Waals surface area contributed by atoms with Crippen LogP contribution in [0.3, 0.4) is 0 Å². The summed E-state index contributed by atoms with van der Waals surface area (Å²) < 4.78 is 95.4. The first-order chi connectivity index (χ1) is 13.7. The van der Waals surface area contributed by atoms with Crippen LogP contribution in [-0.4, -0.2) is 23.7 Å². The van der Waals surface area contributed by atoms with Crippen molar-refractivity contribution in [1.82, 2.24) is 9.29 Å². The van der Waals surface area contributed by atoms with Crippen LogP contribution >= 0.6 is 0 Å². The lowest BCUT2D eigenvalue weighted by Crippen LogP contribution is -2.34. The molecule has 0 saturated heterocycles. The molecule has 0 bridgehead atoms. The van der Waals surface area contributed by atoms with E-state index in [9.17, 15) is 30.4 Å². The van der Waals surface area contributed by atoms with Crippen LogP contribution in [0.1, 0.15) is 18.4 Å². The fourth-order valence-electron chi connectivity index (χ4n) is 3.10. The zero-order valence-corrected chi connectivity index (χ0v) is 15.5. The second kappa shape index (κ2) is 7.03. The van der Waals surface area contributed by atoms with Crippen molar-refractivity contribution in [2.45, 2.75) is 30.3 Å². The summed E-state index contributed by atoms with van der Waals surface area (Å²) in [6, 6.07) is 7.77. The normalized spacial score (nSPS) is 14.7. The summed E-state index contributed by atoms with van der Waals surface area (Å²) in [7, 11) is -4.99. The van der Waals surface area contributed by atoms with Gasteiger partial charge >= 0.3 is 0 Å². The van der Waals surface area contributed by atoms with Gasteiger partial charge in [-0.05, 0) is 36.6 Å². The summed E-state index contributed by atoms with van der Waals surface area (Å²) in [5.41, 5.74) is 1.15. The third kappa shape index (κ3) is 3.36. The Bertz CT molecular complexity index is 1200. The quantitative estimate of drug-likeness (QED) is 0.346. The molecule has 0 unspecified atom stereocenters. The van der Waals surface area contributed by atoms with Crippen molar-refractivity contribution in [2.75, 3.05) is 0 Å². The lowest BCUT2D eigenvalue weighted by molar-refractivity contribution is 0.346. The highest BCUT2D eigenvalue weighted by Gasteiger charge is 2.43. The Morgan fingerprint density at radius 2 is 1.55 bits per heavy atom. The van der Waals surface area contributed by atoms with Crippen molar-refractivity contribution in [3.8, 4) is 0 Å². The second-order valence-corrected chi connectivity index (χ2v) is 8.54. The monoisotopic (exact) mass is 428 g/mol. The van der Waals surface area contributed by atoms with E-state index in [-0.39, 0.29) is 6.54 Å². The average molecular weight is 428 g/mol. The first kappa shape index (κ1) is 19.7. The molecule has 1 saturated carbocycles. The number of pyridine rings is 1. The van der Waals surface area contributed by atoms with Gasteiger partial charge < -0.3 is 0 Å². The molecule has 152 valence electrons. The third-order valence-corrected chi connectivity index (χ3v) is 6.62. The lowest BCUT2D eigenvalue weighted by Gasteiger charge is -2.23. The SMILES string of the molecule is O=S(=O)(c1c(F)c(F)c(F)c(F)c1F)N(Cc1ccc2ncccc2c1)C1CC1. The Labute approximate surface area is 162 Å². The molecular weight excluding hydrogens is 415 g/mol. The number of nitrogens with zero attached hydrogens (tertiary/aromatic N) is 2. The largest absolute Gasteiger partial charge is 0.256 e. The van der Waals surface area contributed by atoms with E-state index < -0.39 is 50.0 Å². The number of benzene rings is 2. The van der Waals surface area contributed by atoms with Crippen molar-refractivity contribution >= 4 is 20.9 Å². The molecule has 0 spiro atoms. The predicted molar refractivity (Wildman–Crippen MR) is 93.7 cm³/mol. The van der Waals surface area contributed by atoms with Crippen LogP contribution < -0.4 is 0 Å². The Morgan fingerprint density at radius 3 is 2.17 bits per heavy atom. The van der Waals surface area contributed by atoms with Crippen LogP contribution in [0.4, 0.5) is 22.0 Å². The first-order valence-electron chi connectivity index (χ1n) is 8.58. The predicted octanol–water partition coefficient (Wildman–Crippen LogP) is 4.28. The maximum absolute atomic E-state index is 14.2. The van der Waals surface area contributed by atoms with E-state index in [1.165, 1.54) is 0 Å². The van der Waals surface area contributed by atoms with Crippen LogP contribution in [0, 0.1) is 29.1 Å². The second-order valence-electron chi connectivity index (χ2n) is 6.71. The smallest absolute Gasteiger partial charge is 0.249 e. The molecule has 1 fully saturated rings. The van der Waals surface area contributed by atoms with E-state index in [4.69, 9.17) is 0 Å². The minimum Gasteiger partial charge on any atom is -0.256 e. The van der Waals surface area contributed by atoms with Crippen molar-refractivity contribution in [2.24, 2.45) is 0 Å². The van der Waals surface area contributed by atoms with Gasteiger partial charge in [0.05, 0.1) is 5.52 Å². The van der Waals surface area contributed by atoms with E-state index in [1.54, 1.807) is 36.5 Å². The van der Waals surface area contributed by atoms with Gasteiger partial charge in [0.25, 0.3) is 0 Å². The van der Waals surface area contributed by atoms with Gasteiger partial charge in [0.1, 0.15) is 0 Å². The molecule has 4 rings (SSSR count). The highest BCUT2D eigenvalue weighted by atomic mass is 32.2. The number of hydrogen-bond acceptors (Lipinski definition) is 3. The highest BCUT2D eigenvalue weighted by molar-refractivity contribution is 7.89. The van der Waals surface area contributed by atoms with Gasteiger partial charge in [0.15, 0.2) is 28.2 Å². The Kier molecular flexibility index (Phi) is 4.78. The van der Waals surface area contributed by atoms with Crippen molar-refractivity contribution < 1.29 is 30.4 Å². The summed E-state index contributed by atoms with van der Waals surface area (Å²) in [5.74, 6) is -11.7. The molecule has 2 aromatic carbocycles. The number of sulfonamides is 1. The van der Waals surface area contributed by atoms with Crippen LogP contribution in [0.5, 0.6) is 0 Å². The lowest BCUT2D eigenvalue weighted by atomic mass is 10.1. The standard InChI is InChI=1S/C19H13F5N2O2S/c20-14-15(21)17(23)19(18(24)16(14)22)29(27,28)26(12-4-5-12)9-10-3-6-13-11(8-10)2-1-7-25-13/h1-3,6-8,12H,4-5,9H2. The third-order valence-electron chi connectivity index (χ3n) is 4.70. The Balaban J connectivity index is 1.79. The summed E-state index contributed by atoms with van der Waals surface area (Å²) in [5, 5.41) is 0.717. The van der Waals surface area contributed by atoms with E-state index in [0.717, 1.165) is 9.69 Å². The van der Waals surface area contributed by atoms with Crippen LogP contribution in [0.25, 0.3) is 10.9 Å². The van der Waals surface area contributed by atoms with Crippen molar-refractivity contribution in [3.05, 3.63) is 71.2 Å². The van der Waals surface area contributed by atoms with Gasteiger partial charge in [0.2, 0.25) is 15.8 Å². The van der Waals surface area contributed by atoms with Crippen LogP contribution in [0.15, 0.2) is 41.4 Å².